The Morgan fingerprint density at radius 1 is 1.78 bits per heavy atom. The highest BCUT2D eigenvalue weighted by Gasteiger charge is 2.63. The van der Waals surface area contributed by atoms with Gasteiger partial charge in [-0.2, -0.15) is 0 Å². The summed E-state index contributed by atoms with van der Waals surface area (Å²) in [5.41, 5.74) is 6.23. The third kappa shape index (κ3) is 1.95. The molecule has 1 aliphatic rings. The molecule has 1 saturated carbocycles. The van der Waals surface area contributed by atoms with Gasteiger partial charge in [-0.25, -0.2) is 0 Å². The van der Waals surface area contributed by atoms with Crippen LogP contribution >= 0.6 is 7.37 Å². The van der Waals surface area contributed by atoms with Crippen LogP contribution in [0.4, 0.5) is 0 Å². The maximum absolute atomic E-state index is 12.7. The van der Waals surface area contributed by atoms with Crippen LogP contribution in [0.25, 0.3) is 0 Å². The number of hydrogen-bond donors (Lipinski definition) is 2. The fourth-order valence-electron chi connectivity index (χ4n) is 2.45. The topological polar surface area (TPSA) is 76.2 Å². The molecule has 0 saturated heterocycles. The third-order valence-corrected chi connectivity index (χ3v) is 6.93. The lowest BCUT2D eigenvalue weighted by Gasteiger charge is -2.27. The zero-order chi connectivity index (χ0) is 13.4. The van der Waals surface area contributed by atoms with Crippen LogP contribution < -0.4 is 5.73 Å². The van der Waals surface area contributed by atoms with Crippen molar-refractivity contribution in [3.8, 4) is 0 Å². The average Bonchev–Trinajstić information content (AvgIpc) is 3.05. The normalized spacial score (nSPS) is 31.4. The van der Waals surface area contributed by atoms with Crippen LogP contribution in [-0.2, 0) is 4.57 Å². The molecule has 1 aromatic heterocycles. The molecule has 1 aromatic rings. The summed E-state index contributed by atoms with van der Waals surface area (Å²) in [4.78, 5) is 14.7. The Morgan fingerprint density at radius 2 is 2.50 bits per heavy atom. The van der Waals surface area contributed by atoms with E-state index in [1.165, 1.54) is 0 Å². The Hall–Kier alpha value is -0.960. The van der Waals surface area contributed by atoms with Gasteiger partial charge in [0.05, 0.1) is 11.4 Å². The first-order valence-corrected chi connectivity index (χ1v) is 7.85. The highest BCUT2D eigenvalue weighted by molar-refractivity contribution is 7.60. The zero-order valence-electron chi connectivity index (χ0n) is 10.5. The molecule has 0 aliphatic heterocycles. The van der Waals surface area contributed by atoms with Crippen molar-refractivity contribution in [1.82, 2.24) is 4.98 Å². The lowest BCUT2D eigenvalue weighted by atomic mass is 10.2. The first-order valence-electron chi connectivity index (χ1n) is 6.12. The zero-order valence-corrected chi connectivity index (χ0v) is 11.4. The van der Waals surface area contributed by atoms with E-state index in [-0.39, 0.29) is 5.92 Å². The summed E-state index contributed by atoms with van der Waals surface area (Å²) in [5.74, 6) is -0.0638. The summed E-state index contributed by atoms with van der Waals surface area (Å²) >= 11 is 0. The van der Waals surface area contributed by atoms with Gasteiger partial charge in [-0.15, -0.1) is 6.58 Å². The van der Waals surface area contributed by atoms with Crippen molar-refractivity contribution in [2.45, 2.75) is 30.7 Å². The number of nitrogens with zero attached hydrogens (tertiary/aromatic N) is 1. The SMILES string of the molecule is C=C[C@@H]1C[C@]1(N)P(=O)(O)[C@@H](CC)c1ccccn1. The third-order valence-electron chi connectivity index (χ3n) is 3.75. The van der Waals surface area contributed by atoms with Gasteiger partial charge in [0.1, 0.15) is 5.28 Å². The number of hydrogen-bond acceptors (Lipinski definition) is 3. The van der Waals surface area contributed by atoms with Crippen molar-refractivity contribution in [3.63, 3.8) is 0 Å². The van der Waals surface area contributed by atoms with Crippen LogP contribution in [0, 0.1) is 5.92 Å². The standard InChI is InChI=1S/C13H19N2O2P/c1-3-10-9-13(10,14)18(16,17)12(4-2)11-7-5-6-8-15-11/h3,5-8,10,12H,1,4,9,14H2,2H3,(H,16,17)/t10-,12+,13+/m1/s1. The molecule has 0 radical (unpaired) electrons. The minimum atomic E-state index is -3.53. The largest absolute Gasteiger partial charge is 0.343 e. The Balaban J connectivity index is 2.34. The molecule has 1 unspecified atom stereocenters. The van der Waals surface area contributed by atoms with E-state index in [4.69, 9.17) is 5.73 Å². The van der Waals surface area contributed by atoms with Crippen LogP contribution in [0.1, 0.15) is 31.1 Å². The second kappa shape index (κ2) is 4.61. The van der Waals surface area contributed by atoms with Crippen LogP contribution in [-0.4, -0.2) is 15.2 Å². The lowest BCUT2D eigenvalue weighted by molar-refractivity contribution is 0.439. The molecule has 98 valence electrons. The molecule has 18 heavy (non-hydrogen) atoms. The molecular formula is C13H19N2O2P. The fraction of sp³-hybridized carbons (Fsp3) is 0.462. The van der Waals surface area contributed by atoms with Gasteiger partial charge in [0.15, 0.2) is 0 Å². The van der Waals surface area contributed by atoms with Gasteiger partial charge in [0, 0.05) is 12.1 Å². The number of pyridine rings is 1. The Bertz CT molecular complexity index is 491. The smallest absolute Gasteiger partial charge is 0.229 e. The minimum Gasteiger partial charge on any atom is -0.343 e. The average molecular weight is 266 g/mol. The number of nitrogens with two attached hydrogens (primary N) is 1. The molecule has 0 bridgehead atoms. The van der Waals surface area contributed by atoms with Crippen molar-refractivity contribution in [3.05, 3.63) is 42.7 Å². The van der Waals surface area contributed by atoms with E-state index in [0.717, 1.165) is 0 Å². The molecule has 5 heteroatoms. The van der Waals surface area contributed by atoms with E-state index < -0.39 is 18.3 Å². The van der Waals surface area contributed by atoms with Crippen LogP contribution in [0.2, 0.25) is 0 Å². The second-order valence-electron chi connectivity index (χ2n) is 4.84. The number of rotatable bonds is 5. The molecule has 4 atom stereocenters. The highest BCUT2D eigenvalue weighted by atomic mass is 31.2. The van der Waals surface area contributed by atoms with Gasteiger partial charge < -0.3 is 10.6 Å². The van der Waals surface area contributed by atoms with Crippen molar-refractivity contribution in [2.75, 3.05) is 0 Å². The highest BCUT2D eigenvalue weighted by Crippen LogP contribution is 2.74. The molecule has 1 fully saturated rings. The summed E-state index contributed by atoms with van der Waals surface area (Å²) in [7, 11) is -3.53. The van der Waals surface area contributed by atoms with E-state index in [9.17, 15) is 9.46 Å². The first kappa shape index (κ1) is 13.5. The van der Waals surface area contributed by atoms with E-state index in [1.807, 2.05) is 13.0 Å². The molecule has 0 spiro atoms. The monoisotopic (exact) mass is 266 g/mol. The summed E-state index contributed by atoms with van der Waals surface area (Å²) in [6.07, 6.45) is 4.40. The van der Waals surface area contributed by atoms with Gasteiger partial charge in [-0.05, 0) is 25.0 Å². The molecule has 3 N–H and O–H groups in total. The summed E-state index contributed by atoms with van der Waals surface area (Å²) in [6.45, 7) is 5.55. The summed E-state index contributed by atoms with van der Waals surface area (Å²) in [6, 6.07) is 5.40. The van der Waals surface area contributed by atoms with Crippen LogP contribution in [0.5, 0.6) is 0 Å². The lowest BCUT2D eigenvalue weighted by Crippen LogP contribution is -2.27. The summed E-state index contributed by atoms with van der Waals surface area (Å²) < 4.78 is 12.7. The second-order valence-corrected chi connectivity index (χ2v) is 7.54. The van der Waals surface area contributed by atoms with Crippen molar-refractivity contribution in [2.24, 2.45) is 11.7 Å². The first-order chi connectivity index (χ1) is 8.47. The molecule has 1 aliphatic carbocycles. The maximum Gasteiger partial charge on any atom is 0.229 e. The minimum absolute atomic E-state index is 0.0638. The van der Waals surface area contributed by atoms with Gasteiger partial charge in [0.2, 0.25) is 7.37 Å². The Labute approximate surface area is 107 Å². The van der Waals surface area contributed by atoms with Crippen molar-refractivity contribution >= 4 is 7.37 Å². The van der Waals surface area contributed by atoms with Crippen molar-refractivity contribution in [1.29, 1.82) is 0 Å². The van der Waals surface area contributed by atoms with Crippen LogP contribution in [0.3, 0.4) is 0 Å². The van der Waals surface area contributed by atoms with Gasteiger partial charge in [0.25, 0.3) is 0 Å². The Kier molecular flexibility index (Phi) is 3.45. The van der Waals surface area contributed by atoms with Crippen molar-refractivity contribution < 1.29 is 9.46 Å². The predicted molar refractivity (Wildman–Crippen MR) is 72.3 cm³/mol. The number of aromatic nitrogens is 1. The molecule has 0 aromatic carbocycles. The molecular weight excluding hydrogens is 247 g/mol. The van der Waals surface area contributed by atoms with Gasteiger partial charge >= 0.3 is 0 Å². The molecule has 2 rings (SSSR count). The van der Waals surface area contributed by atoms with E-state index in [2.05, 4.69) is 11.6 Å². The van der Waals surface area contributed by atoms with Crippen LogP contribution in [0.15, 0.2) is 37.1 Å². The molecule has 4 nitrogen and oxygen atoms in total. The summed E-state index contributed by atoms with van der Waals surface area (Å²) in [5, 5.41) is -1.01. The Morgan fingerprint density at radius 3 is 2.94 bits per heavy atom. The predicted octanol–water partition coefficient (Wildman–Crippen LogP) is 2.66. The van der Waals surface area contributed by atoms with E-state index in [1.54, 1.807) is 24.4 Å². The van der Waals surface area contributed by atoms with E-state index >= 15 is 0 Å². The quantitative estimate of drug-likeness (QED) is 0.634. The van der Waals surface area contributed by atoms with Gasteiger partial charge in [-0.3, -0.25) is 9.55 Å². The fourth-order valence-corrected chi connectivity index (χ4v) is 5.07. The van der Waals surface area contributed by atoms with Gasteiger partial charge in [-0.1, -0.05) is 19.1 Å². The molecule has 1 heterocycles. The molecule has 0 amide bonds. The van der Waals surface area contributed by atoms with E-state index in [0.29, 0.717) is 18.5 Å². The maximum atomic E-state index is 12.7.